The number of hydrazone groups is 1. The molecule has 0 N–H and O–H groups in total. The van der Waals surface area contributed by atoms with Crippen molar-refractivity contribution in [1.29, 1.82) is 0 Å². The number of fused-ring (bicyclic) bond motifs is 4. The van der Waals surface area contributed by atoms with Crippen molar-refractivity contribution < 1.29 is 0 Å². The van der Waals surface area contributed by atoms with Crippen LogP contribution in [0.2, 0.25) is 0 Å². The number of hydrogen-bond donors (Lipinski definition) is 0. The molecule has 0 fully saturated rings. The SMILES string of the molecule is CC1=NN(Cc2cccc3ccccc23)c2nc3c(c(=O)n(C)c(=O)n3C)n2C1C. The van der Waals surface area contributed by atoms with E-state index in [1.165, 1.54) is 11.6 Å². The van der Waals surface area contributed by atoms with Gasteiger partial charge >= 0.3 is 5.69 Å². The molecule has 1 atom stereocenters. The summed E-state index contributed by atoms with van der Waals surface area (Å²) in [6.45, 7) is 4.44. The minimum atomic E-state index is -0.395. The predicted molar refractivity (Wildman–Crippen MR) is 118 cm³/mol. The first-order chi connectivity index (χ1) is 14.4. The van der Waals surface area contributed by atoms with Gasteiger partial charge in [0.25, 0.3) is 5.56 Å². The van der Waals surface area contributed by atoms with Crippen molar-refractivity contribution in [3.8, 4) is 0 Å². The Hall–Kier alpha value is -3.68. The van der Waals surface area contributed by atoms with E-state index in [1.807, 2.05) is 41.6 Å². The van der Waals surface area contributed by atoms with E-state index in [4.69, 9.17) is 5.10 Å². The van der Waals surface area contributed by atoms with Crippen LogP contribution in [0.1, 0.15) is 25.5 Å². The van der Waals surface area contributed by atoms with Crippen LogP contribution in [-0.4, -0.2) is 24.4 Å². The van der Waals surface area contributed by atoms with Gasteiger partial charge in [-0.15, -0.1) is 0 Å². The summed E-state index contributed by atoms with van der Waals surface area (Å²) < 4.78 is 4.44. The maximum absolute atomic E-state index is 13.0. The maximum atomic E-state index is 13.0. The first-order valence-electron chi connectivity index (χ1n) is 9.85. The number of aromatic nitrogens is 4. The minimum Gasteiger partial charge on any atom is -0.294 e. The lowest BCUT2D eigenvalue weighted by atomic mass is 10.0. The lowest BCUT2D eigenvalue weighted by molar-refractivity contribution is 0.634. The van der Waals surface area contributed by atoms with Crippen molar-refractivity contribution in [2.75, 3.05) is 5.01 Å². The molecule has 3 heterocycles. The maximum Gasteiger partial charge on any atom is 0.332 e. The summed E-state index contributed by atoms with van der Waals surface area (Å²) in [5.74, 6) is 0.564. The second-order valence-electron chi connectivity index (χ2n) is 7.77. The number of hydrogen-bond acceptors (Lipinski definition) is 5. The molecule has 0 amide bonds. The summed E-state index contributed by atoms with van der Waals surface area (Å²) in [6.07, 6.45) is 0. The van der Waals surface area contributed by atoms with Gasteiger partial charge in [0.2, 0.25) is 5.95 Å². The third-order valence-corrected chi connectivity index (χ3v) is 5.97. The van der Waals surface area contributed by atoms with E-state index in [-0.39, 0.29) is 11.6 Å². The van der Waals surface area contributed by atoms with Crippen molar-refractivity contribution in [2.24, 2.45) is 19.2 Å². The van der Waals surface area contributed by atoms with Gasteiger partial charge in [-0.2, -0.15) is 10.1 Å². The summed E-state index contributed by atoms with van der Waals surface area (Å²) in [6, 6.07) is 14.3. The van der Waals surface area contributed by atoms with Gasteiger partial charge in [-0.1, -0.05) is 42.5 Å². The topological polar surface area (TPSA) is 77.4 Å². The van der Waals surface area contributed by atoms with Crippen LogP contribution in [-0.2, 0) is 20.6 Å². The second kappa shape index (κ2) is 6.41. The van der Waals surface area contributed by atoms with Gasteiger partial charge in [0.1, 0.15) is 0 Å². The van der Waals surface area contributed by atoms with Crippen LogP contribution in [0, 0.1) is 0 Å². The quantitative estimate of drug-likeness (QED) is 0.516. The molecule has 5 rings (SSSR count). The molecule has 4 aromatic rings. The fourth-order valence-electron chi connectivity index (χ4n) is 4.16. The van der Waals surface area contributed by atoms with Crippen LogP contribution in [0.3, 0.4) is 0 Å². The highest BCUT2D eigenvalue weighted by atomic mass is 16.2. The van der Waals surface area contributed by atoms with Crippen LogP contribution in [0.4, 0.5) is 5.95 Å². The summed E-state index contributed by atoms with van der Waals surface area (Å²) in [5.41, 5.74) is 2.03. The van der Waals surface area contributed by atoms with Gasteiger partial charge in [0.15, 0.2) is 11.2 Å². The van der Waals surface area contributed by atoms with Crippen molar-refractivity contribution in [3.63, 3.8) is 0 Å². The zero-order chi connectivity index (χ0) is 21.2. The fourth-order valence-corrected chi connectivity index (χ4v) is 4.16. The summed E-state index contributed by atoms with van der Waals surface area (Å²) in [4.78, 5) is 30.1. The van der Waals surface area contributed by atoms with Crippen LogP contribution < -0.4 is 16.3 Å². The molecule has 0 aliphatic carbocycles. The highest BCUT2D eigenvalue weighted by molar-refractivity contribution is 5.91. The standard InChI is InChI=1S/C22H22N6O2/c1-13-14(2)28-18-19(25(3)22(30)26(4)20(18)29)23-21(28)27(24-13)12-16-10-7-9-15-8-5-6-11-17(15)16/h5-11,14H,12H2,1-4H3. The molecular formula is C22H22N6O2. The highest BCUT2D eigenvalue weighted by Crippen LogP contribution is 2.31. The van der Waals surface area contributed by atoms with E-state index in [2.05, 4.69) is 29.2 Å². The predicted octanol–water partition coefficient (Wildman–Crippen LogP) is 2.54. The number of rotatable bonds is 2. The molecule has 8 nitrogen and oxygen atoms in total. The van der Waals surface area contributed by atoms with Gasteiger partial charge < -0.3 is 0 Å². The normalized spacial score (nSPS) is 16.2. The number of nitrogens with zero attached hydrogens (tertiary/aromatic N) is 6. The Balaban J connectivity index is 1.75. The van der Waals surface area contributed by atoms with Crippen molar-refractivity contribution >= 4 is 33.6 Å². The first-order valence-corrected chi connectivity index (χ1v) is 9.85. The molecule has 30 heavy (non-hydrogen) atoms. The Labute approximate surface area is 172 Å². The van der Waals surface area contributed by atoms with E-state index >= 15 is 0 Å². The molecule has 1 aliphatic rings. The third kappa shape index (κ3) is 2.46. The molecule has 1 aliphatic heterocycles. The largest absolute Gasteiger partial charge is 0.332 e. The van der Waals surface area contributed by atoms with Crippen LogP contribution in [0.25, 0.3) is 21.9 Å². The van der Waals surface area contributed by atoms with Gasteiger partial charge in [-0.05, 0) is 30.2 Å². The molecule has 0 spiro atoms. The molecule has 2 aromatic carbocycles. The average molecular weight is 402 g/mol. The monoisotopic (exact) mass is 402 g/mol. The highest BCUT2D eigenvalue weighted by Gasteiger charge is 2.30. The van der Waals surface area contributed by atoms with E-state index < -0.39 is 5.69 Å². The van der Waals surface area contributed by atoms with Gasteiger partial charge in [0, 0.05) is 14.1 Å². The lowest BCUT2D eigenvalue weighted by Crippen LogP contribution is -2.38. The Morgan fingerprint density at radius 3 is 2.53 bits per heavy atom. The summed E-state index contributed by atoms with van der Waals surface area (Å²) >= 11 is 0. The first kappa shape index (κ1) is 18.4. The van der Waals surface area contributed by atoms with E-state index in [0.29, 0.717) is 23.7 Å². The smallest absolute Gasteiger partial charge is 0.294 e. The molecule has 8 heteroatoms. The Morgan fingerprint density at radius 2 is 1.73 bits per heavy atom. The molecule has 0 bridgehead atoms. The molecule has 0 radical (unpaired) electrons. The van der Waals surface area contributed by atoms with Gasteiger partial charge in [-0.3, -0.25) is 18.5 Å². The number of imidazole rings is 1. The van der Waals surface area contributed by atoms with Crippen molar-refractivity contribution in [2.45, 2.75) is 26.4 Å². The molecule has 2 aromatic heterocycles. The third-order valence-electron chi connectivity index (χ3n) is 5.97. The molecule has 0 saturated heterocycles. The van der Waals surface area contributed by atoms with Crippen LogP contribution in [0.15, 0.2) is 57.2 Å². The fraction of sp³-hybridized carbons (Fsp3) is 0.273. The molecular weight excluding hydrogens is 380 g/mol. The Kier molecular flexibility index (Phi) is 3.92. The summed E-state index contributed by atoms with van der Waals surface area (Å²) in [7, 11) is 3.13. The molecule has 0 saturated carbocycles. The zero-order valence-electron chi connectivity index (χ0n) is 17.3. The second-order valence-corrected chi connectivity index (χ2v) is 7.77. The Morgan fingerprint density at radius 1 is 1.00 bits per heavy atom. The minimum absolute atomic E-state index is 0.140. The van der Waals surface area contributed by atoms with Gasteiger partial charge in [-0.25, -0.2) is 9.80 Å². The number of aryl methyl sites for hydroxylation is 1. The Bertz CT molecular complexity index is 1470. The number of anilines is 1. The van der Waals surface area contributed by atoms with Crippen molar-refractivity contribution in [1.82, 2.24) is 18.7 Å². The van der Waals surface area contributed by atoms with Gasteiger partial charge in [0.05, 0.1) is 18.3 Å². The number of benzene rings is 2. The van der Waals surface area contributed by atoms with Crippen LogP contribution >= 0.6 is 0 Å². The lowest BCUT2D eigenvalue weighted by Gasteiger charge is -2.29. The van der Waals surface area contributed by atoms with E-state index in [0.717, 1.165) is 26.6 Å². The summed E-state index contributed by atoms with van der Waals surface area (Å²) in [5, 5.41) is 8.91. The molecule has 1 unspecified atom stereocenters. The zero-order valence-corrected chi connectivity index (χ0v) is 17.3. The van der Waals surface area contributed by atoms with E-state index in [1.54, 1.807) is 7.05 Å². The average Bonchev–Trinajstić information content (AvgIpc) is 3.16. The molecule has 152 valence electrons. The van der Waals surface area contributed by atoms with E-state index in [9.17, 15) is 9.59 Å². The van der Waals surface area contributed by atoms with Crippen molar-refractivity contribution in [3.05, 3.63) is 68.9 Å². The van der Waals surface area contributed by atoms with Crippen LogP contribution in [0.5, 0.6) is 0 Å².